The summed E-state index contributed by atoms with van der Waals surface area (Å²) in [4.78, 5) is 0. The summed E-state index contributed by atoms with van der Waals surface area (Å²) >= 11 is 0. The van der Waals surface area contributed by atoms with E-state index < -0.39 is 6.10 Å². The van der Waals surface area contributed by atoms with Crippen molar-refractivity contribution in [3.05, 3.63) is 35.1 Å². The first kappa shape index (κ1) is 10.2. The average molecular weight is 183 g/mol. The molecule has 0 spiro atoms. The molecule has 0 saturated carbocycles. The van der Waals surface area contributed by atoms with Crippen molar-refractivity contribution in [2.24, 2.45) is 5.73 Å². The van der Waals surface area contributed by atoms with E-state index in [0.29, 0.717) is 12.0 Å². The predicted octanol–water partition coefficient (Wildman–Crippen LogP) is 0.996. The molecule has 0 aliphatic carbocycles. The largest absolute Gasteiger partial charge is 0.391 e. The minimum Gasteiger partial charge on any atom is -0.391 e. The molecule has 0 fully saturated rings. The van der Waals surface area contributed by atoms with Crippen molar-refractivity contribution in [1.82, 2.24) is 0 Å². The van der Waals surface area contributed by atoms with E-state index in [9.17, 15) is 9.50 Å². The van der Waals surface area contributed by atoms with Gasteiger partial charge in [0.05, 0.1) is 6.10 Å². The third-order valence-electron chi connectivity index (χ3n) is 1.97. The Hall–Kier alpha value is -0.930. The fourth-order valence-electron chi connectivity index (χ4n) is 1.19. The minimum absolute atomic E-state index is 0.217. The lowest BCUT2D eigenvalue weighted by Crippen LogP contribution is -2.21. The molecule has 3 N–H and O–H groups in total. The highest BCUT2D eigenvalue weighted by molar-refractivity contribution is 5.24. The van der Waals surface area contributed by atoms with Crippen LogP contribution in [-0.4, -0.2) is 17.8 Å². The quantitative estimate of drug-likeness (QED) is 0.734. The van der Waals surface area contributed by atoms with Crippen molar-refractivity contribution >= 4 is 0 Å². The van der Waals surface area contributed by atoms with Crippen LogP contribution in [0.5, 0.6) is 0 Å². The second-order valence-corrected chi connectivity index (χ2v) is 3.18. The number of aryl methyl sites for hydroxylation is 1. The molecule has 0 bridgehead atoms. The highest BCUT2D eigenvalue weighted by atomic mass is 19.1. The van der Waals surface area contributed by atoms with Gasteiger partial charge in [0, 0.05) is 6.54 Å². The maximum absolute atomic E-state index is 12.8. The zero-order chi connectivity index (χ0) is 9.84. The molecule has 1 aromatic carbocycles. The summed E-state index contributed by atoms with van der Waals surface area (Å²) in [6.45, 7) is 1.93. The zero-order valence-corrected chi connectivity index (χ0v) is 7.63. The Morgan fingerprint density at radius 3 is 2.77 bits per heavy atom. The molecule has 0 heterocycles. The van der Waals surface area contributed by atoms with E-state index in [-0.39, 0.29) is 12.4 Å². The number of nitrogens with two attached hydrogens (primary N) is 1. The Morgan fingerprint density at radius 2 is 2.23 bits per heavy atom. The second kappa shape index (κ2) is 4.35. The highest BCUT2D eigenvalue weighted by Crippen LogP contribution is 2.10. The van der Waals surface area contributed by atoms with Crippen molar-refractivity contribution in [3.63, 3.8) is 0 Å². The standard InChI is InChI=1S/C10H14FNO/c1-7-4-8(2-3-10(7)11)5-9(13)6-12/h2-4,9,13H,5-6,12H2,1H3/t9-/m0/s1. The Bertz CT molecular complexity index is 288. The molecule has 3 heteroatoms. The zero-order valence-electron chi connectivity index (χ0n) is 7.63. The third kappa shape index (κ3) is 2.79. The van der Waals surface area contributed by atoms with Crippen LogP contribution in [0.2, 0.25) is 0 Å². The van der Waals surface area contributed by atoms with E-state index in [1.807, 2.05) is 0 Å². The molecule has 1 aromatic rings. The molecular weight excluding hydrogens is 169 g/mol. The number of aliphatic hydroxyl groups excluding tert-OH is 1. The van der Waals surface area contributed by atoms with Crippen LogP contribution >= 0.6 is 0 Å². The normalized spacial score (nSPS) is 12.9. The van der Waals surface area contributed by atoms with Crippen LogP contribution < -0.4 is 5.73 Å². The maximum atomic E-state index is 12.8. The fraction of sp³-hybridized carbons (Fsp3) is 0.400. The Labute approximate surface area is 77.2 Å². The van der Waals surface area contributed by atoms with Crippen LogP contribution in [0.3, 0.4) is 0 Å². The predicted molar refractivity (Wildman–Crippen MR) is 49.9 cm³/mol. The van der Waals surface area contributed by atoms with Gasteiger partial charge in [-0.2, -0.15) is 0 Å². The number of halogens is 1. The maximum Gasteiger partial charge on any atom is 0.126 e. The number of hydrogen-bond donors (Lipinski definition) is 2. The van der Waals surface area contributed by atoms with Crippen molar-refractivity contribution < 1.29 is 9.50 Å². The van der Waals surface area contributed by atoms with E-state index in [1.54, 1.807) is 19.1 Å². The summed E-state index contributed by atoms with van der Waals surface area (Å²) in [6.07, 6.45) is -0.0534. The molecule has 0 amide bonds. The van der Waals surface area contributed by atoms with Gasteiger partial charge in [-0.1, -0.05) is 12.1 Å². The molecule has 0 aromatic heterocycles. The lowest BCUT2D eigenvalue weighted by molar-refractivity contribution is 0.183. The fourth-order valence-corrected chi connectivity index (χ4v) is 1.19. The van der Waals surface area contributed by atoms with Crippen LogP contribution in [0.25, 0.3) is 0 Å². The van der Waals surface area contributed by atoms with Crippen LogP contribution in [-0.2, 0) is 6.42 Å². The molecular formula is C10H14FNO. The second-order valence-electron chi connectivity index (χ2n) is 3.18. The molecule has 0 aliphatic rings. The van der Waals surface area contributed by atoms with Gasteiger partial charge in [-0.15, -0.1) is 0 Å². The Kier molecular flexibility index (Phi) is 3.39. The summed E-state index contributed by atoms with van der Waals surface area (Å²) in [7, 11) is 0. The molecule has 0 radical (unpaired) electrons. The van der Waals surface area contributed by atoms with E-state index in [1.165, 1.54) is 6.07 Å². The van der Waals surface area contributed by atoms with Gasteiger partial charge < -0.3 is 10.8 Å². The van der Waals surface area contributed by atoms with Crippen LogP contribution in [0.4, 0.5) is 4.39 Å². The van der Waals surface area contributed by atoms with Crippen LogP contribution in [0, 0.1) is 12.7 Å². The summed E-state index contributed by atoms with van der Waals surface area (Å²) in [6, 6.07) is 4.81. The Morgan fingerprint density at radius 1 is 1.54 bits per heavy atom. The van der Waals surface area contributed by atoms with Gasteiger partial charge in [-0.05, 0) is 30.5 Å². The van der Waals surface area contributed by atoms with Crippen LogP contribution in [0.15, 0.2) is 18.2 Å². The first-order valence-electron chi connectivity index (χ1n) is 4.26. The van der Waals surface area contributed by atoms with E-state index in [4.69, 9.17) is 5.73 Å². The first-order chi connectivity index (χ1) is 6.13. The number of aliphatic hydroxyl groups is 1. The molecule has 0 aliphatic heterocycles. The summed E-state index contributed by atoms with van der Waals surface area (Å²) in [5, 5.41) is 9.25. The van der Waals surface area contributed by atoms with Gasteiger partial charge in [0.15, 0.2) is 0 Å². The number of benzene rings is 1. The molecule has 2 nitrogen and oxygen atoms in total. The smallest absolute Gasteiger partial charge is 0.126 e. The number of rotatable bonds is 3. The lowest BCUT2D eigenvalue weighted by atomic mass is 10.1. The molecule has 72 valence electrons. The van der Waals surface area contributed by atoms with E-state index >= 15 is 0 Å². The molecule has 1 atom stereocenters. The van der Waals surface area contributed by atoms with Gasteiger partial charge in [0.2, 0.25) is 0 Å². The lowest BCUT2D eigenvalue weighted by Gasteiger charge is -2.08. The van der Waals surface area contributed by atoms with E-state index in [0.717, 1.165) is 5.56 Å². The van der Waals surface area contributed by atoms with Crippen molar-refractivity contribution in [3.8, 4) is 0 Å². The number of hydrogen-bond acceptors (Lipinski definition) is 2. The SMILES string of the molecule is Cc1cc(C[C@H](O)CN)ccc1F. The van der Waals surface area contributed by atoms with Gasteiger partial charge in [-0.3, -0.25) is 0 Å². The Balaban J connectivity index is 2.73. The topological polar surface area (TPSA) is 46.2 Å². The van der Waals surface area contributed by atoms with Crippen LogP contribution in [0.1, 0.15) is 11.1 Å². The van der Waals surface area contributed by atoms with Crippen molar-refractivity contribution in [2.45, 2.75) is 19.4 Å². The molecule has 0 saturated heterocycles. The summed E-state index contributed by atoms with van der Waals surface area (Å²) < 4.78 is 12.8. The monoisotopic (exact) mass is 183 g/mol. The first-order valence-corrected chi connectivity index (χ1v) is 4.26. The average Bonchev–Trinajstić information content (AvgIpc) is 2.11. The highest BCUT2D eigenvalue weighted by Gasteiger charge is 2.04. The van der Waals surface area contributed by atoms with Gasteiger partial charge >= 0.3 is 0 Å². The minimum atomic E-state index is -0.537. The molecule has 1 rings (SSSR count). The van der Waals surface area contributed by atoms with E-state index in [2.05, 4.69) is 0 Å². The van der Waals surface area contributed by atoms with Gasteiger partial charge in [0.1, 0.15) is 5.82 Å². The summed E-state index contributed by atoms with van der Waals surface area (Å²) in [5.41, 5.74) is 6.78. The molecule has 13 heavy (non-hydrogen) atoms. The third-order valence-corrected chi connectivity index (χ3v) is 1.97. The van der Waals surface area contributed by atoms with Gasteiger partial charge in [0.25, 0.3) is 0 Å². The van der Waals surface area contributed by atoms with Gasteiger partial charge in [-0.25, -0.2) is 4.39 Å². The van der Waals surface area contributed by atoms with Crippen molar-refractivity contribution in [1.29, 1.82) is 0 Å². The summed E-state index contributed by atoms with van der Waals surface area (Å²) in [5.74, 6) is -0.217. The molecule has 0 unspecified atom stereocenters. The van der Waals surface area contributed by atoms with Crippen molar-refractivity contribution in [2.75, 3.05) is 6.54 Å².